The zero-order valence-corrected chi connectivity index (χ0v) is 16.8. The number of alkyl halides is 1. The van der Waals surface area contributed by atoms with Crippen LogP contribution in [0.15, 0.2) is 23.8 Å². The molecule has 7 atom stereocenters. The van der Waals surface area contributed by atoms with Crippen LogP contribution in [0.5, 0.6) is 0 Å². The minimum atomic E-state index is -0.928. The van der Waals surface area contributed by atoms with E-state index in [9.17, 15) is 9.59 Å². The smallest absolute Gasteiger partial charge is 0.306 e. The number of esters is 1. The molecular formula is C24H29FO3. The van der Waals surface area contributed by atoms with Gasteiger partial charge < -0.3 is 4.74 Å². The highest BCUT2D eigenvalue weighted by atomic mass is 19.1. The van der Waals surface area contributed by atoms with Crippen molar-refractivity contribution in [3.05, 3.63) is 23.8 Å². The second-order valence-electron chi connectivity index (χ2n) is 11.0. The molecule has 5 fully saturated rings. The van der Waals surface area contributed by atoms with E-state index in [1.165, 1.54) is 5.57 Å². The zero-order chi connectivity index (χ0) is 19.5. The van der Waals surface area contributed by atoms with E-state index < -0.39 is 11.8 Å². The van der Waals surface area contributed by atoms with Crippen LogP contribution in [0, 0.1) is 34.0 Å². The van der Waals surface area contributed by atoms with Crippen LogP contribution < -0.4 is 0 Å². The number of ether oxygens (including phenoxy) is 1. The largest absolute Gasteiger partial charge is 0.458 e. The van der Waals surface area contributed by atoms with Crippen molar-refractivity contribution in [3.8, 4) is 0 Å². The number of halogens is 1. The SMILES string of the molecule is C[C@]12C=CC(=O)C=C1C1(CC1)CC1C2[C@@H](F)C[C@@]2(C)C1CCC21CCC(=O)O1. The van der Waals surface area contributed by atoms with E-state index in [2.05, 4.69) is 13.8 Å². The molecule has 0 radical (unpaired) electrons. The van der Waals surface area contributed by atoms with Crippen LogP contribution in [0.3, 0.4) is 0 Å². The van der Waals surface area contributed by atoms with Crippen molar-refractivity contribution in [1.29, 1.82) is 0 Å². The Morgan fingerprint density at radius 1 is 1.11 bits per heavy atom. The first-order chi connectivity index (χ1) is 13.2. The van der Waals surface area contributed by atoms with Gasteiger partial charge in [0.25, 0.3) is 0 Å². The van der Waals surface area contributed by atoms with E-state index in [-0.39, 0.29) is 33.9 Å². The molecule has 0 aromatic rings. The Morgan fingerprint density at radius 2 is 1.89 bits per heavy atom. The van der Waals surface area contributed by atoms with Crippen LogP contribution >= 0.6 is 0 Å². The highest BCUT2D eigenvalue weighted by Crippen LogP contribution is 2.75. The minimum Gasteiger partial charge on any atom is -0.458 e. The molecule has 150 valence electrons. The van der Waals surface area contributed by atoms with E-state index in [4.69, 9.17) is 4.74 Å². The Morgan fingerprint density at radius 3 is 2.57 bits per heavy atom. The molecule has 0 N–H and O–H groups in total. The van der Waals surface area contributed by atoms with Gasteiger partial charge in [-0.2, -0.15) is 0 Å². The predicted octanol–water partition coefficient (Wildman–Crippen LogP) is 4.71. The van der Waals surface area contributed by atoms with Gasteiger partial charge in [0.15, 0.2) is 5.78 Å². The third kappa shape index (κ3) is 1.86. The molecule has 0 amide bonds. The third-order valence-electron chi connectivity index (χ3n) is 9.95. The Bertz CT molecular complexity index is 854. The number of fused-ring (bicyclic) bond motifs is 7. The van der Waals surface area contributed by atoms with Crippen molar-refractivity contribution in [2.45, 2.75) is 77.0 Å². The fraction of sp³-hybridized carbons (Fsp3) is 0.750. The second kappa shape index (κ2) is 4.99. The van der Waals surface area contributed by atoms with Gasteiger partial charge in [-0.25, -0.2) is 4.39 Å². The molecular weight excluding hydrogens is 355 g/mol. The van der Waals surface area contributed by atoms with Gasteiger partial charge in [0.1, 0.15) is 11.8 Å². The summed E-state index contributed by atoms with van der Waals surface area (Å²) in [5, 5.41) is 0. The van der Waals surface area contributed by atoms with Crippen molar-refractivity contribution < 1.29 is 18.7 Å². The predicted molar refractivity (Wildman–Crippen MR) is 102 cm³/mol. The fourth-order valence-electron chi connectivity index (χ4n) is 8.59. The standard InChI is InChI=1S/C24H29FO3/c1-21-6-3-14(26)11-18(21)23(9-10-23)12-15-16-4-7-24(8-5-19(27)28-24)22(16,2)13-17(25)20(15)21/h3,6,11,15-17,20H,4-5,7-10,12-13H2,1-2H3/t15?,16?,17-,20?,21-,22-,24?/m0/s1. The third-order valence-corrected chi connectivity index (χ3v) is 9.95. The van der Waals surface area contributed by atoms with Gasteiger partial charge in [0, 0.05) is 23.2 Å². The molecule has 1 heterocycles. The van der Waals surface area contributed by atoms with Crippen LogP contribution in [-0.2, 0) is 14.3 Å². The maximum Gasteiger partial charge on any atom is 0.306 e. The maximum atomic E-state index is 16.0. The zero-order valence-electron chi connectivity index (χ0n) is 16.8. The molecule has 6 aliphatic rings. The van der Waals surface area contributed by atoms with E-state index in [1.807, 2.05) is 12.2 Å². The van der Waals surface area contributed by atoms with E-state index in [0.29, 0.717) is 24.7 Å². The molecule has 0 bridgehead atoms. The summed E-state index contributed by atoms with van der Waals surface area (Å²) in [6, 6.07) is 0. The summed E-state index contributed by atoms with van der Waals surface area (Å²) >= 11 is 0. The molecule has 4 heteroatoms. The number of carbonyl (C=O) groups excluding carboxylic acids is 2. The maximum absolute atomic E-state index is 16.0. The molecule has 28 heavy (non-hydrogen) atoms. The summed E-state index contributed by atoms with van der Waals surface area (Å²) < 4.78 is 22.0. The highest BCUT2D eigenvalue weighted by molar-refractivity contribution is 6.01. The molecule has 3 nitrogen and oxygen atoms in total. The first kappa shape index (κ1) is 17.4. The van der Waals surface area contributed by atoms with Gasteiger partial charge in [-0.15, -0.1) is 0 Å². The number of hydrogen-bond acceptors (Lipinski definition) is 3. The van der Waals surface area contributed by atoms with Gasteiger partial charge in [0.05, 0.1) is 0 Å². The molecule has 6 rings (SSSR count). The molecule has 2 spiro atoms. The molecule has 0 aromatic heterocycles. The lowest BCUT2D eigenvalue weighted by atomic mass is 9.44. The van der Waals surface area contributed by atoms with Crippen molar-refractivity contribution in [2.24, 2.45) is 34.0 Å². The van der Waals surface area contributed by atoms with Crippen LogP contribution in [0.1, 0.15) is 65.2 Å². The lowest BCUT2D eigenvalue weighted by molar-refractivity contribution is -0.176. The molecule has 4 unspecified atom stereocenters. The molecule has 5 aliphatic carbocycles. The lowest BCUT2D eigenvalue weighted by Crippen LogP contribution is -2.59. The summed E-state index contributed by atoms with van der Waals surface area (Å²) in [4.78, 5) is 24.1. The Labute approximate surface area is 165 Å². The number of allylic oxidation sites excluding steroid dienone is 4. The van der Waals surface area contributed by atoms with Crippen molar-refractivity contribution >= 4 is 11.8 Å². The van der Waals surface area contributed by atoms with Gasteiger partial charge in [-0.1, -0.05) is 25.5 Å². The Hall–Kier alpha value is -1.45. The van der Waals surface area contributed by atoms with Crippen molar-refractivity contribution in [3.63, 3.8) is 0 Å². The van der Waals surface area contributed by atoms with Gasteiger partial charge >= 0.3 is 5.97 Å². The Kier molecular flexibility index (Phi) is 3.10. The van der Waals surface area contributed by atoms with E-state index in [1.54, 1.807) is 6.08 Å². The summed E-state index contributed by atoms with van der Waals surface area (Å²) in [5.74, 6) is 0.588. The lowest BCUT2D eigenvalue weighted by Gasteiger charge is -2.61. The first-order valence-corrected chi connectivity index (χ1v) is 11.0. The average Bonchev–Trinajstić information content (AvgIpc) is 3.20. The monoisotopic (exact) mass is 384 g/mol. The van der Waals surface area contributed by atoms with E-state index >= 15 is 4.39 Å². The van der Waals surface area contributed by atoms with Crippen LogP contribution in [-0.4, -0.2) is 23.5 Å². The first-order valence-electron chi connectivity index (χ1n) is 11.0. The molecule has 1 saturated heterocycles. The quantitative estimate of drug-likeness (QED) is 0.568. The van der Waals surface area contributed by atoms with Crippen LogP contribution in [0.25, 0.3) is 0 Å². The van der Waals surface area contributed by atoms with E-state index in [0.717, 1.165) is 38.5 Å². The minimum absolute atomic E-state index is 0.0611. The van der Waals surface area contributed by atoms with Crippen molar-refractivity contribution in [1.82, 2.24) is 0 Å². The second-order valence-corrected chi connectivity index (χ2v) is 11.0. The summed E-state index contributed by atoms with van der Waals surface area (Å²) in [6.45, 7) is 4.38. The average molecular weight is 384 g/mol. The summed E-state index contributed by atoms with van der Waals surface area (Å²) in [5.41, 5.74) is 0.254. The van der Waals surface area contributed by atoms with Gasteiger partial charge in [-0.3, -0.25) is 9.59 Å². The number of ketones is 1. The molecule has 0 aromatic carbocycles. The molecule has 1 aliphatic heterocycles. The summed E-state index contributed by atoms with van der Waals surface area (Å²) in [6.07, 6.45) is 11.5. The normalized spacial score (nSPS) is 52.9. The number of hydrogen-bond donors (Lipinski definition) is 0. The van der Waals surface area contributed by atoms with Gasteiger partial charge in [-0.05, 0) is 74.3 Å². The van der Waals surface area contributed by atoms with Crippen LogP contribution in [0.2, 0.25) is 0 Å². The fourth-order valence-corrected chi connectivity index (χ4v) is 8.59. The Balaban J connectivity index is 1.45. The number of rotatable bonds is 0. The highest BCUT2D eigenvalue weighted by Gasteiger charge is 2.72. The summed E-state index contributed by atoms with van der Waals surface area (Å²) in [7, 11) is 0. The topological polar surface area (TPSA) is 43.4 Å². The molecule has 4 saturated carbocycles. The van der Waals surface area contributed by atoms with Crippen molar-refractivity contribution in [2.75, 3.05) is 0 Å². The van der Waals surface area contributed by atoms with Crippen LogP contribution in [0.4, 0.5) is 4.39 Å². The van der Waals surface area contributed by atoms with Gasteiger partial charge in [0.2, 0.25) is 0 Å². The number of carbonyl (C=O) groups is 2.